The van der Waals surface area contributed by atoms with Crippen LogP contribution >= 0.6 is 11.6 Å². The van der Waals surface area contributed by atoms with Gasteiger partial charge < -0.3 is 14.8 Å². The number of nitrogens with zero attached hydrogens (tertiary/aromatic N) is 2. The van der Waals surface area contributed by atoms with Crippen LogP contribution < -0.4 is 5.32 Å². The molecule has 0 bridgehead atoms. The molecule has 0 fully saturated rings. The quantitative estimate of drug-likeness (QED) is 0.361. The number of amides is 2. The summed E-state index contributed by atoms with van der Waals surface area (Å²) in [5.41, 5.74) is 7.20. The van der Waals surface area contributed by atoms with E-state index in [4.69, 9.17) is 11.6 Å². The van der Waals surface area contributed by atoms with Crippen LogP contribution in [-0.4, -0.2) is 15.5 Å². The maximum Gasteiger partial charge on any atom is 0.322 e. The lowest BCUT2D eigenvalue weighted by Gasteiger charge is -2.31. The van der Waals surface area contributed by atoms with Crippen molar-refractivity contribution in [3.05, 3.63) is 118 Å². The highest BCUT2D eigenvalue weighted by Crippen LogP contribution is 2.37. The molecule has 4 aromatic rings. The van der Waals surface area contributed by atoms with E-state index in [1.807, 2.05) is 73.3 Å². The molecule has 1 N–H and O–H groups in total. The van der Waals surface area contributed by atoms with Gasteiger partial charge in [-0.15, -0.1) is 0 Å². The Balaban J connectivity index is 1.63. The molecule has 1 aliphatic heterocycles. The Morgan fingerprint density at radius 2 is 1.75 bits per heavy atom. The van der Waals surface area contributed by atoms with E-state index in [2.05, 4.69) is 40.3 Å². The number of urea groups is 1. The molecule has 0 aliphatic carbocycles. The minimum Gasteiger partial charge on any atom is -0.318 e. The molecule has 5 rings (SSSR count). The molecule has 2 amide bonds. The van der Waals surface area contributed by atoms with Crippen molar-refractivity contribution in [2.24, 2.45) is 0 Å². The Kier molecular flexibility index (Phi) is 5.24. The summed E-state index contributed by atoms with van der Waals surface area (Å²) in [6.07, 6.45) is 2.06. The van der Waals surface area contributed by atoms with Gasteiger partial charge in [0.1, 0.15) is 0 Å². The summed E-state index contributed by atoms with van der Waals surface area (Å²) in [5, 5.41) is 3.84. The summed E-state index contributed by atoms with van der Waals surface area (Å²) in [7, 11) is 0. The normalized spacial score (nSPS) is 15.0. The lowest BCUT2D eigenvalue weighted by Crippen LogP contribution is -2.38. The zero-order valence-corrected chi connectivity index (χ0v) is 18.8. The van der Waals surface area contributed by atoms with Crippen molar-refractivity contribution in [2.45, 2.75) is 26.4 Å². The number of para-hydroxylation sites is 1. The summed E-state index contributed by atoms with van der Waals surface area (Å²) in [5.74, 6) is 0. The van der Waals surface area contributed by atoms with E-state index in [1.54, 1.807) is 0 Å². The number of hydrogen-bond acceptors (Lipinski definition) is 1. The minimum absolute atomic E-state index is 0.136. The van der Waals surface area contributed by atoms with Crippen LogP contribution in [0.3, 0.4) is 0 Å². The van der Waals surface area contributed by atoms with Crippen molar-refractivity contribution in [3.8, 4) is 5.69 Å². The molecule has 0 spiro atoms. The van der Waals surface area contributed by atoms with Crippen LogP contribution in [0.1, 0.15) is 34.0 Å². The maximum absolute atomic E-state index is 13.8. The lowest BCUT2D eigenvalue weighted by molar-refractivity contribution is 0.194. The monoisotopic (exact) mass is 441 g/mol. The van der Waals surface area contributed by atoms with E-state index >= 15 is 0 Å². The van der Waals surface area contributed by atoms with E-state index in [0.717, 1.165) is 39.3 Å². The van der Waals surface area contributed by atoms with Gasteiger partial charge in [-0.2, -0.15) is 0 Å². The van der Waals surface area contributed by atoms with Crippen LogP contribution in [-0.2, 0) is 6.54 Å². The average Bonchev–Trinajstić information content (AvgIpc) is 3.21. The molecule has 0 unspecified atom stereocenters. The van der Waals surface area contributed by atoms with Crippen molar-refractivity contribution in [2.75, 3.05) is 5.32 Å². The maximum atomic E-state index is 13.8. The molecule has 1 aliphatic rings. The number of aromatic nitrogens is 1. The van der Waals surface area contributed by atoms with Crippen molar-refractivity contribution in [1.82, 2.24) is 9.47 Å². The molecular weight excluding hydrogens is 418 g/mol. The zero-order chi connectivity index (χ0) is 22.2. The molecule has 5 heteroatoms. The predicted molar refractivity (Wildman–Crippen MR) is 130 cm³/mol. The van der Waals surface area contributed by atoms with Gasteiger partial charge in [-0.25, -0.2) is 4.79 Å². The Morgan fingerprint density at radius 1 is 0.969 bits per heavy atom. The van der Waals surface area contributed by atoms with Gasteiger partial charge in [0.25, 0.3) is 0 Å². The van der Waals surface area contributed by atoms with Crippen molar-refractivity contribution in [3.63, 3.8) is 0 Å². The first kappa shape index (κ1) is 20.4. The fourth-order valence-electron chi connectivity index (χ4n) is 4.39. The first-order valence-electron chi connectivity index (χ1n) is 10.7. The summed E-state index contributed by atoms with van der Waals surface area (Å²) in [6.45, 7) is 4.52. The third kappa shape index (κ3) is 3.67. The van der Waals surface area contributed by atoms with E-state index < -0.39 is 0 Å². The fourth-order valence-corrected chi connectivity index (χ4v) is 4.52. The van der Waals surface area contributed by atoms with Gasteiger partial charge in [0.15, 0.2) is 0 Å². The highest BCUT2D eigenvalue weighted by molar-refractivity contribution is 6.30. The molecule has 0 saturated carbocycles. The second-order valence-electron chi connectivity index (χ2n) is 8.26. The van der Waals surface area contributed by atoms with Gasteiger partial charge in [-0.1, -0.05) is 54.1 Å². The van der Waals surface area contributed by atoms with Gasteiger partial charge >= 0.3 is 6.03 Å². The third-order valence-corrected chi connectivity index (χ3v) is 6.30. The van der Waals surface area contributed by atoms with Gasteiger partial charge in [0.05, 0.1) is 18.3 Å². The van der Waals surface area contributed by atoms with Crippen molar-refractivity contribution in [1.29, 1.82) is 0 Å². The van der Waals surface area contributed by atoms with Gasteiger partial charge in [-0.05, 0) is 72.5 Å². The largest absolute Gasteiger partial charge is 0.322 e. The summed E-state index contributed by atoms with van der Waals surface area (Å²) >= 11 is 6.18. The number of hydrogen-bond donors (Lipinski definition) is 1. The minimum atomic E-state index is -0.264. The molecular formula is C27H24ClN3O. The summed E-state index contributed by atoms with van der Waals surface area (Å²) in [6, 6.07) is 25.8. The van der Waals surface area contributed by atoms with E-state index in [9.17, 15) is 4.79 Å². The van der Waals surface area contributed by atoms with E-state index in [-0.39, 0.29) is 12.1 Å². The number of rotatable bonds is 2. The second kappa shape index (κ2) is 8.21. The second-order valence-corrected chi connectivity index (χ2v) is 8.70. The number of carbonyl (C=O) groups excluding carboxylic acids is 1. The molecule has 2 heterocycles. The van der Waals surface area contributed by atoms with Crippen LogP contribution in [0.5, 0.6) is 0 Å². The van der Waals surface area contributed by atoms with Crippen LogP contribution in [0.4, 0.5) is 10.5 Å². The average molecular weight is 442 g/mol. The topological polar surface area (TPSA) is 37.3 Å². The highest BCUT2D eigenvalue weighted by atomic mass is 35.5. The molecule has 1 aromatic heterocycles. The third-order valence-electron chi connectivity index (χ3n) is 6.05. The molecule has 0 saturated heterocycles. The molecule has 1 atom stereocenters. The van der Waals surface area contributed by atoms with Gasteiger partial charge in [0.2, 0.25) is 0 Å². The standard InChI is InChI=1S/C27H24ClN3O/c1-18-9-10-19(2)23(16-18)29-27(32)31-17-21-6-3-4-7-24(21)30-15-5-8-25(30)26(31)20-11-13-22(28)14-12-20/h3-16,26H,17H2,1-2H3,(H,29,32)/t26-/m1/s1. The molecule has 160 valence electrons. The lowest BCUT2D eigenvalue weighted by atomic mass is 10.0. The number of benzene rings is 3. The fraction of sp³-hybridized carbons (Fsp3) is 0.148. The molecule has 32 heavy (non-hydrogen) atoms. The molecule has 0 radical (unpaired) electrons. The Morgan fingerprint density at radius 3 is 2.56 bits per heavy atom. The van der Waals surface area contributed by atoms with Crippen LogP contribution in [0, 0.1) is 13.8 Å². The van der Waals surface area contributed by atoms with E-state index in [1.165, 1.54) is 0 Å². The first-order chi connectivity index (χ1) is 15.5. The smallest absolute Gasteiger partial charge is 0.318 e. The highest BCUT2D eigenvalue weighted by Gasteiger charge is 2.33. The van der Waals surface area contributed by atoms with Crippen LogP contribution in [0.25, 0.3) is 5.69 Å². The number of aryl methyl sites for hydroxylation is 2. The SMILES string of the molecule is Cc1ccc(C)c(NC(=O)N2Cc3ccccc3-n3cccc3[C@H]2c2ccc(Cl)cc2)c1. The zero-order valence-electron chi connectivity index (χ0n) is 18.0. The van der Waals surface area contributed by atoms with Crippen LogP contribution in [0.2, 0.25) is 5.02 Å². The number of halogens is 1. The number of anilines is 1. The number of carbonyl (C=O) groups is 1. The van der Waals surface area contributed by atoms with E-state index in [0.29, 0.717) is 11.6 Å². The van der Waals surface area contributed by atoms with Crippen LogP contribution in [0.15, 0.2) is 85.1 Å². The summed E-state index contributed by atoms with van der Waals surface area (Å²) < 4.78 is 2.18. The first-order valence-corrected chi connectivity index (χ1v) is 11.0. The Hall–Kier alpha value is -3.50. The Bertz CT molecular complexity index is 1290. The molecule has 3 aromatic carbocycles. The Labute approximate surface area is 193 Å². The van der Waals surface area contributed by atoms with Crippen molar-refractivity contribution >= 4 is 23.3 Å². The number of nitrogens with one attached hydrogen (secondary N) is 1. The summed E-state index contributed by atoms with van der Waals surface area (Å²) in [4.78, 5) is 15.7. The van der Waals surface area contributed by atoms with Crippen molar-refractivity contribution < 1.29 is 4.79 Å². The predicted octanol–water partition coefficient (Wildman–Crippen LogP) is 6.88. The molecule has 4 nitrogen and oxygen atoms in total. The van der Waals surface area contributed by atoms with Gasteiger partial charge in [-0.3, -0.25) is 0 Å². The number of fused-ring (bicyclic) bond motifs is 3. The van der Waals surface area contributed by atoms with Gasteiger partial charge in [0, 0.05) is 22.6 Å².